The van der Waals surface area contributed by atoms with Crippen molar-refractivity contribution in [3.05, 3.63) is 59.7 Å². The van der Waals surface area contributed by atoms with E-state index in [2.05, 4.69) is 55.3 Å². The topological polar surface area (TPSA) is 50.8 Å². The Bertz CT molecular complexity index is 804. The van der Waals surface area contributed by atoms with Gasteiger partial charge in [-0.15, -0.1) is 0 Å². The first kappa shape index (κ1) is 22.2. The fourth-order valence-electron chi connectivity index (χ4n) is 3.80. The number of benzene rings is 2. The van der Waals surface area contributed by atoms with Crippen LogP contribution in [0.25, 0.3) is 0 Å². The van der Waals surface area contributed by atoms with Gasteiger partial charge < -0.3 is 14.8 Å². The van der Waals surface area contributed by atoms with E-state index in [0.29, 0.717) is 12.3 Å². The third kappa shape index (κ3) is 5.99. The molecule has 1 heterocycles. The molecule has 0 spiro atoms. The molecule has 0 aliphatic carbocycles. The molecule has 0 saturated carbocycles. The molecule has 0 radical (unpaired) electrons. The Morgan fingerprint density at radius 1 is 1.00 bits per heavy atom. The minimum Gasteiger partial charge on any atom is -0.497 e. The van der Waals surface area contributed by atoms with Crippen molar-refractivity contribution in [2.45, 2.75) is 45.1 Å². The zero-order valence-electron chi connectivity index (χ0n) is 18.6. The summed E-state index contributed by atoms with van der Waals surface area (Å²) in [6, 6.07) is 16.3. The van der Waals surface area contributed by atoms with Crippen LogP contribution < -0.4 is 14.8 Å². The average molecular weight is 411 g/mol. The molecule has 0 unspecified atom stereocenters. The summed E-state index contributed by atoms with van der Waals surface area (Å²) in [5.74, 6) is 1.45. The van der Waals surface area contributed by atoms with Gasteiger partial charge in [0.15, 0.2) is 6.61 Å². The molecule has 1 fully saturated rings. The second-order valence-corrected chi connectivity index (χ2v) is 8.90. The molecule has 5 heteroatoms. The molecule has 5 nitrogen and oxygen atoms in total. The molecule has 162 valence electrons. The zero-order chi connectivity index (χ0) is 21.6. The molecule has 1 aliphatic rings. The van der Waals surface area contributed by atoms with Crippen LogP contribution in [0, 0.1) is 0 Å². The maximum absolute atomic E-state index is 12.4. The van der Waals surface area contributed by atoms with Crippen molar-refractivity contribution in [2.75, 3.05) is 33.4 Å². The van der Waals surface area contributed by atoms with Crippen LogP contribution in [0.5, 0.6) is 11.5 Å². The standard InChI is InChI=1S/C25H34N2O3/c1-25(2,3)20-9-13-22(14-10-20)30-18-24(28)26-17-23(27-15-5-6-16-27)19-7-11-21(29-4)12-8-19/h7-14,23H,5-6,15-18H2,1-4H3,(H,26,28)/t23-/m1/s1. The summed E-state index contributed by atoms with van der Waals surface area (Å²) in [5.41, 5.74) is 2.53. The molecular formula is C25H34N2O3. The molecule has 1 saturated heterocycles. The van der Waals surface area contributed by atoms with Crippen molar-refractivity contribution in [1.82, 2.24) is 10.2 Å². The predicted octanol–water partition coefficient (Wildman–Crippen LogP) is 4.32. The van der Waals surface area contributed by atoms with Crippen LogP contribution in [0.1, 0.15) is 50.8 Å². The van der Waals surface area contributed by atoms with Crippen LogP contribution in [0.3, 0.4) is 0 Å². The van der Waals surface area contributed by atoms with E-state index in [1.54, 1.807) is 7.11 Å². The van der Waals surface area contributed by atoms with Crippen molar-refractivity contribution in [3.8, 4) is 11.5 Å². The van der Waals surface area contributed by atoms with Crippen LogP contribution in [-0.2, 0) is 10.2 Å². The monoisotopic (exact) mass is 410 g/mol. The summed E-state index contributed by atoms with van der Waals surface area (Å²) < 4.78 is 11.0. The van der Waals surface area contributed by atoms with Gasteiger partial charge in [0.2, 0.25) is 0 Å². The molecule has 0 bridgehead atoms. The van der Waals surface area contributed by atoms with Gasteiger partial charge in [-0.1, -0.05) is 45.0 Å². The van der Waals surface area contributed by atoms with E-state index in [9.17, 15) is 4.79 Å². The number of methoxy groups -OCH3 is 1. The first-order valence-electron chi connectivity index (χ1n) is 10.7. The lowest BCUT2D eigenvalue weighted by Gasteiger charge is -2.28. The molecule has 1 N–H and O–H groups in total. The molecular weight excluding hydrogens is 376 g/mol. The van der Waals surface area contributed by atoms with Gasteiger partial charge in [0.25, 0.3) is 5.91 Å². The second kappa shape index (κ2) is 9.98. The largest absolute Gasteiger partial charge is 0.497 e. The Hall–Kier alpha value is -2.53. The van der Waals surface area contributed by atoms with Crippen molar-refractivity contribution in [2.24, 2.45) is 0 Å². The summed E-state index contributed by atoms with van der Waals surface area (Å²) in [4.78, 5) is 14.9. The van der Waals surface area contributed by atoms with Crippen LogP contribution in [-0.4, -0.2) is 44.2 Å². The molecule has 30 heavy (non-hydrogen) atoms. The maximum Gasteiger partial charge on any atom is 0.258 e. The van der Waals surface area contributed by atoms with Gasteiger partial charge in [0.05, 0.1) is 13.2 Å². The third-order valence-electron chi connectivity index (χ3n) is 5.66. The average Bonchev–Trinajstić information content (AvgIpc) is 3.27. The smallest absolute Gasteiger partial charge is 0.258 e. The van der Waals surface area contributed by atoms with E-state index < -0.39 is 0 Å². The number of carbonyl (C=O) groups is 1. The second-order valence-electron chi connectivity index (χ2n) is 8.90. The van der Waals surface area contributed by atoms with Gasteiger partial charge in [-0.3, -0.25) is 9.69 Å². The number of carbonyl (C=O) groups excluding carboxylic acids is 1. The first-order chi connectivity index (χ1) is 14.4. The van der Waals surface area contributed by atoms with Crippen LogP contribution >= 0.6 is 0 Å². The predicted molar refractivity (Wildman–Crippen MR) is 120 cm³/mol. The van der Waals surface area contributed by atoms with Crippen LogP contribution in [0.2, 0.25) is 0 Å². The van der Waals surface area contributed by atoms with Gasteiger partial charge in [-0.05, 0) is 66.7 Å². The fraction of sp³-hybridized carbons (Fsp3) is 0.480. The number of rotatable bonds is 8. The van der Waals surface area contributed by atoms with E-state index in [4.69, 9.17) is 9.47 Å². The van der Waals surface area contributed by atoms with Gasteiger partial charge in [0, 0.05) is 6.54 Å². The van der Waals surface area contributed by atoms with Crippen molar-refractivity contribution in [1.29, 1.82) is 0 Å². The Morgan fingerprint density at radius 3 is 2.17 bits per heavy atom. The highest BCUT2D eigenvalue weighted by atomic mass is 16.5. The van der Waals surface area contributed by atoms with E-state index in [0.717, 1.165) is 18.8 Å². The highest BCUT2D eigenvalue weighted by Gasteiger charge is 2.24. The Labute approximate surface area is 180 Å². The van der Waals surface area contributed by atoms with Gasteiger partial charge in [-0.2, -0.15) is 0 Å². The summed E-state index contributed by atoms with van der Waals surface area (Å²) in [5, 5.41) is 3.06. The van der Waals surface area contributed by atoms with Gasteiger partial charge >= 0.3 is 0 Å². The van der Waals surface area contributed by atoms with E-state index in [1.165, 1.54) is 24.0 Å². The maximum atomic E-state index is 12.4. The van der Waals surface area contributed by atoms with Gasteiger partial charge in [0.1, 0.15) is 11.5 Å². The van der Waals surface area contributed by atoms with Crippen LogP contribution in [0.15, 0.2) is 48.5 Å². The number of nitrogens with one attached hydrogen (secondary N) is 1. The number of likely N-dealkylation sites (tertiary alicyclic amines) is 1. The van der Waals surface area contributed by atoms with E-state index in [-0.39, 0.29) is 24.0 Å². The minimum absolute atomic E-state index is 0.0181. The molecule has 2 aromatic rings. The number of hydrogen-bond acceptors (Lipinski definition) is 4. The summed E-state index contributed by atoms with van der Waals surface area (Å²) in [7, 11) is 1.67. The zero-order valence-corrected chi connectivity index (χ0v) is 18.6. The van der Waals surface area contributed by atoms with Gasteiger partial charge in [-0.25, -0.2) is 0 Å². The number of nitrogens with zero attached hydrogens (tertiary/aromatic N) is 1. The molecule has 1 aliphatic heterocycles. The highest BCUT2D eigenvalue weighted by Crippen LogP contribution is 2.26. The normalized spacial score (nSPS) is 15.6. The van der Waals surface area contributed by atoms with Crippen LogP contribution in [0.4, 0.5) is 0 Å². The summed E-state index contributed by atoms with van der Waals surface area (Å²) in [6.07, 6.45) is 2.41. The first-order valence-corrected chi connectivity index (χ1v) is 10.7. The quantitative estimate of drug-likeness (QED) is 0.704. The SMILES string of the molecule is COc1ccc([C@@H](CNC(=O)COc2ccc(C(C)(C)C)cc2)N2CCCC2)cc1. The molecule has 2 aromatic carbocycles. The fourth-order valence-corrected chi connectivity index (χ4v) is 3.80. The third-order valence-corrected chi connectivity index (χ3v) is 5.66. The van der Waals surface area contributed by atoms with Crippen molar-refractivity contribution >= 4 is 5.91 Å². The van der Waals surface area contributed by atoms with E-state index >= 15 is 0 Å². The molecule has 0 aromatic heterocycles. The number of hydrogen-bond donors (Lipinski definition) is 1. The number of amides is 1. The number of ether oxygens (including phenoxy) is 2. The Kier molecular flexibility index (Phi) is 7.38. The lowest BCUT2D eigenvalue weighted by Crippen LogP contribution is -2.38. The lowest BCUT2D eigenvalue weighted by molar-refractivity contribution is -0.123. The lowest BCUT2D eigenvalue weighted by atomic mass is 9.87. The molecule has 3 rings (SSSR count). The Morgan fingerprint density at radius 2 is 1.60 bits per heavy atom. The summed E-state index contributed by atoms with van der Waals surface area (Å²) in [6.45, 7) is 9.23. The highest BCUT2D eigenvalue weighted by molar-refractivity contribution is 5.77. The summed E-state index contributed by atoms with van der Waals surface area (Å²) >= 11 is 0. The molecule has 1 atom stereocenters. The Balaban J connectivity index is 1.54. The van der Waals surface area contributed by atoms with Crippen molar-refractivity contribution in [3.63, 3.8) is 0 Å². The molecule has 1 amide bonds. The van der Waals surface area contributed by atoms with Crippen molar-refractivity contribution < 1.29 is 14.3 Å². The minimum atomic E-state index is -0.104. The van der Waals surface area contributed by atoms with E-state index in [1.807, 2.05) is 24.3 Å².